The minimum Gasteiger partial charge on any atom is -0.462 e. The van der Waals surface area contributed by atoms with Gasteiger partial charge in [0.25, 0.3) is 0 Å². The Bertz CT molecular complexity index is 1060. The van der Waals surface area contributed by atoms with Gasteiger partial charge in [0.2, 0.25) is 0 Å². The van der Waals surface area contributed by atoms with E-state index in [1.54, 1.807) is 0 Å². The van der Waals surface area contributed by atoms with Crippen molar-refractivity contribution in [2.75, 3.05) is 19.8 Å². The van der Waals surface area contributed by atoms with Crippen LogP contribution in [0.3, 0.4) is 0 Å². The van der Waals surface area contributed by atoms with Gasteiger partial charge in [-0.05, 0) is 77.0 Å². The highest BCUT2D eigenvalue weighted by Gasteiger charge is 2.17. The van der Waals surface area contributed by atoms with Crippen LogP contribution < -0.4 is 0 Å². The maximum Gasteiger partial charge on any atom is 0.306 e. The molecule has 374 valence electrons. The Hall–Kier alpha value is -2.14. The fraction of sp³-hybridized carbons (Fsp3) is 0.831. The third-order valence-electron chi connectivity index (χ3n) is 12.3. The van der Waals surface area contributed by atoms with Crippen LogP contribution in [0.1, 0.15) is 290 Å². The lowest BCUT2D eigenvalue weighted by molar-refractivity contribution is -0.163. The van der Waals surface area contributed by atoms with Crippen molar-refractivity contribution in [3.8, 4) is 0 Å². The predicted molar refractivity (Wildman–Crippen MR) is 279 cm³/mol. The molecule has 0 aliphatic carbocycles. The molecule has 0 aromatic rings. The lowest BCUT2D eigenvalue weighted by atomic mass is 10.0. The summed E-state index contributed by atoms with van der Waals surface area (Å²) in [5.41, 5.74) is 0. The molecule has 0 saturated heterocycles. The van der Waals surface area contributed by atoms with E-state index in [1.165, 1.54) is 186 Å². The fourth-order valence-corrected chi connectivity index (χ4v) is 8.17. The van der Waals surface area contributed by atoms with Crippen LogP contribution in [0.15, 0.2) is 48.6 Å². The normalized spacial score (nSPS) is 12.5. The summed E-state index contributed by atoms with van der Waals surface area (Å²) in [7, 11) is 0. The molecule has 0 aromatic carbocycles. The van der Waals surface area contributed by atoms with Gasteiger partial charge in [0, 0.05) is 19.4 Å². The van der Waals surface area contributed by atoms with Crippen LogP contribution in [0.2, 0.25) is 0 Å². The molecule has 0 amide bonds. The van der Waals surface area contributed by atoms with E-state index in [-0.39, 0.29) is 25.2 Å². The van der Waals surface area contributed by atoms with Gasteiger partial charge < -0.3 is 14.2 Å². The summed E-state index contributed by atoms with van der Waals surface area (Å²) >= 11 is 0. The van der Waals surface area contributed by atoms with E-state index >= 15 is 0 Å². The van der Waals surface area contributed by atoms with Crippen molar-refractivity contribution in [3.63, 3.8) is 0 Å². The number of carbonyl (C=O) groups is 2. The van der Waals surface area contributed by atoms with Crippen molar-refractivity contribution in [1.82, 2.24) is 0 Å². The van der Waals surface area contributed by atoms with Crippen molar-refractivity contribution < 1.29 is 23.8 Å². The van der Waals surface area contributed by atoms with Gasteiger partial charge in [0.15, 0.2) is 6.10 Å². The molecular formula is C59H108O5. The van der Waals surface area contributed by atoms with E-state index in [4.69, 9.17) is 14.2 Å². The van der Waals surface area contributed by atoms with Gasteiger partial charge in [-0.1, -0.05) is 249 Å². The van der Waals surface area contributed by atoms with Gasteiger partial charge in [-0.15, -0.1) is 0 Å². The first-order valence-corrected chi connectivity index (χ1v) is 28.2. The third-order valence-corrected chi connectivity index (χ3v) is 12.3. The molecule has 0 heterocycles. The molecule has 0 rings (SSSR count). The van der Waals surface area contributed by atoms with Crippen molar-refractivity contribution in [3.05, 3.63) is 48.6 Å². The standard InChI is InChI=1S/C59H108O5/c1-4-7-10-13-16-19-22-25-28-30-32-34-37-40-43-46-49-52-58(60)63-56-57(55-62-54-51-48-45-42-39-36-27-24-21-18-15-12-9-6-3)64-59(61)53-50-47-44-41-38-35-33-31-29-26-23-20-17-14-11-8-5-2/h7,10,16,19,25-26,28-29,57H,4-6,8-9,11-15,17-18,20-24,27,30-56H2,1-3H3/b10-7-,19-16-,28-25-,29-26-. The Labute approximate surface area is 399 Å². The number of rotatable bonds is 52. The monoisotopic (exact) mass is 897 g/mol. The number of hydrogen-bond acceptors (Lipinski definition) is 5. The largest absolute Gasteiger partial charge is 0.462 e. The maximum absolute atomic E-state index is 12.8. The van der Waals surface area contributed by atoms with E-state index in [2.05, 4.69) is 69.4 Å². The predicted octanol–water partition coefficient (Wildman–Crippen LogP) is 19.1. The molecular weight excluding hydrogens is 789 g/mol. The molecule has 0 N–H and O–H groups in total. The Morgan fingerprint density at radius 2 is 0.703 bits per heavy atom. The van der Waals surface area contributed by atoms with Gasteiger partial charge >= 0.3 is 11.9 Å². The summed E-state index contributed by atoms with van der Waals surface area (Å²) in [6.07, 6.45) is 68.4. The van der Waals surface area contributed by atoms with E-state index in [1.807, 2.05) is 0 Å². The Morgan fingerprint density at radius 3 is 1.14 bits per heavy atom. The summed E-state index contributed by atoms with van der Waals surface area (Å²) in [6, 6.07) is 0. The van der Waals surface area contributed by atoms with Crippen molar-refractivity contribution in [1.29, 1.82) is 0 Å². The average Bonchev–Trinajstić information content (AvgIpc) is 3.30. The van der Waals surface area contributed by atoms with E-state index in [9.17, 15) is 9.59 Å². The minimum absolute atomic E-state index is 0.0819. The third kappa shape index (κ3) is 52.5. The Morgan fingerprint density at radius 1 is 0.359 bits per heavy atom. The van der Waals surface area contributed by atoms with E-state index < -0.39 is 6.10 Å². The summed E-state index contributed by atoms with van der Waals surface area (Å²) in [6.45, 7) is 7.75. The molecule has 0 aliphatic heterocycles. The summed E-state index contributed by atoms with van der Waals surface area (Å²) in [5, 5.41) is 0. The molecule has 0 radical (unpaired) electrons. The topological polar surface area (TPSA) is 61.8 Å². The highest BCUT2D eigenvalue weighted by atomic mass is 16.6. The van der Waals surface area contributed by atoms with Gasteiger partial charge in [-0.2, -0.15) is 0 Å². The number of hydrogen-bond donors (Lipinski definition) is 0. The van der Waals surface area contributed by atoms with Crippen LogP contribution in [0.4, 0.5) is 0 Å². The van der Waals surface area contributed by atoms with Crippen LogP contribution >= 0.6 is 0 Å². The summed E-state index contributed by atoms with van der Waals surface area (Å²) in [4.78, 5) is 25.5. The molecule has 5 nitrogen and oxygen atoms in total. The zero-order chi connectivity index (χ0) is 46.3. The first kappa shape index (κ1) is 61.9. The van der Waals surface area contributed by atoms with Gasteiger partial charge in [-0.25, -0.2) is 0 Å². The van der Waals surface area contributed by atoms with Crippen molar-refractivity contribution in [2.24, 2.45) is 0 Å². The minimum atomic E-state index is -0.540. The Balaban J connectivity index is 4.26. The lowest BCUT2D eigenvalue weighted by Crippen LogP contribution is -2.30. The van der Waals surface area contributed by atoms with Crippen LogP contribution in [0.25, 0.3) is 0 Å². The quantitative estimate of drug-likeness (QED) is 0.0346. The number of ether oxygens (including phenoxy) is 3. The Kier molecular flexibility index (Phi) is 53.3. The smallest absolute Gasteiger partial charge is 0.306 e. The van der Waals surface area contributed by atoms with E-state index in [0.29, 0.717) is 19.4 Å². The number of esters is 2. The summed E-state index contributed by atoms with van der Waals surface area (Å²) in [5.74, 6) is -0.399. The van der Waals surface area contributed by atoms with Crippen LogP contribution in [0, 0.1) is 0 Å². The first-order chi connectivity index (χ1) is 31.6. The molecule has 0 saturated carbocycles. The van der Waals surface area contributed by atoms with Crippen molar-refractivity contribution >= 4 is 11.9 Å². The molecule has 64 heavy (non-hydrogen) atoms. The second-order valence-electron chi connectivity index (χ2n) is 18.8. The molecule has 1 unspecified atom stereocenters. The molecule has 0 fully saturated rings. The average molecular weight is 898 g/mol. The molecule has 0 spiro atoms. The molecule has 0 aromatic heterocycles. The zero-order valence-corrected chi connectivity index (χ0v) is 43.1. The van der Waals surface area contributed by atoms with Gasteiger partial charge in [-0.3, -0.25) is 9.59 Å². The number of unbranched alkanes of at least 4 members (excludes halogenated alkanes) is 33. The van der Waals surface area contributed by atoms with Crippen LogP contribution in [0.5, 0.6) is 0 Å². The molecule has 0 aliphatic rings. The SMILES string of the molecule is CC/C=C\C/C=C\C/C=C\CCCCCCCCCC(=O)OCC(COCCCCCCCCCCCCCCCC)OC(=O)CCCCCCCCC/C=C\CCCCCCCC. The maximum atomic E-state index is 12.8. The molecule has 5 heteroatoms. The van der Waals surface area contributed by atoms with Gasteiger partial charge in [0.05, 0.1) is 6.61 Å². The van der Waals surface area contributed by atoms with Crippen LogP contribution in [-0.2, 0) is 23.8 Å². The van der Waals surface area contributed by atoms with E-state index in [0.717, 1.165) is 70.6 Å². The molecule has 1 atom stereocenters. The number of carbonyl (C=O) groups excluding carboxylic acids is 2. The highest BCUT2D eigenvalue weighted by molar-refractivity contribution is 5.70. The lowest BCUT2D eigenvalue weighted by Gasteiger charge is -2.18. The fourth-order valence-electron chi connectivity index (χ4n) is 8.17. The molecule has 0 bridgehead atoms. The van der Waals surface area contributed by atoms with Gasteiger partial charge in [0.1, 0.15) is 6.61 Å². The van der Waals surface area contributed by atoms with Crippen LogP contribution in [-0.4, -0.2) is 37.9 Å². The first-order valence-electron chi connectivity index (χ1n) is 28.2. The second-order valence-corrected chi connectivity index (χ2v) is 18.8. The zero-order valence-electron chi connectivity index (χ0n) is 43.1. The van der Waals surface area contributed by atoms with Crippen molar-refractivity contribution in [2.45, 2.75) is 297 Å². The summed E-state index contributed by atoms with van der Waals surface area (Å²) < 4.78 is 17.5. The number of allylic oxidation sites excluding steroid dienone is 8. The second kappa shape index (κ2) is 55.2. The highest BCUT2D eigenvalue weighted by Crippen LogP contribution is 2.16.